The minimum Gasteiger partial charge on any atom is -0.397 e. The van der Waals surface area contributed by atoms with Gasteiger partial charge in [-0.25, -0.2) is 0 Å². The van der Waals surface area contributed by atoms with Gasteiger partial charge < -0.3 is 15.6 Å². The number of para-hydroxylation sites is 2. The number of nitrogens with zero attached hydrogens (tertiary/aromatic N) is 2. The molecule has 104 valence electrons. The molecule has 0 radical (unpaired) electrons. The van der Waals surface area contributed by atoms with Crippen LogP contribution in [0.15, 0.2) is 46.2 Å². The van der Waals surface area contributed by atoms with Crippen molar-refractivity contribution in [3.63, 3.8) is 0 Å². The number of anilines is 2. The zero-order valence-electron chi connectivity index (χ0n) is 10.9. The lowest BCUT2D eigenvalue weighted by Crippen LogP contribution is -2.41. The van der Waals surface area contributed by atoms with Crippen molar-refractivity contribution >= 4 is 17.3 Å². The van der Waals surface area contributed by atoms with Crippen LogP contribution < -0.4 is 22.2 Å². The van der Waals surface area contributed by atoms with E-state index in [0.29, 0.717) is 11.4 Å². The first kappa shape index (κ1) is 13.6. The molecule has 0 fully saturated rings. The molecule has 1 amide bonds. The average Bonchev–Trinajstić information content (AvgIpc) is 2.42. The van der Waals surface area contributed by atoms with Crippen molar-refractivity contribution in [1.82, 2.24) is 9.13 Å². The molecule has 7 nitrogen and oxygen atoms in total. The molecule has 0 aliphatic carbocycles. The standard InChI is InChI=1S/C13H14N4O3/c1-16-6-7-17(13(20)12(16)19)8-11(18)15-10-5-3-2-4-9(10)14/h2-7H,8,14H2,1H3,(H,15,18). The number of aryl methyl sites for hydroxylation is 1. The van der Waals surface area contributed by atoms with Gasteiger partial charge in [0, 0.05) is 19.4 Å². The molecule has 1 aromatic carbocycles. The monoisotopic (exact) mass is 274 g/mol. The van der Waals surface area contributed by atoms with Gasteiger partial charge in [0.1, 0.15) is 6.54 Å². The molecular weight excluding hydrogens is 260 g/mol. The van der Waals surface area contributed by atoms with Gasteiger partial charge in [-0.05, 0) is 12.1 Å². The fraction of sp³-hybridized carbons (Fsp3) is 0.154. The van der Waals surface area contributed by atoms with Crippen LogP contribution in [0.5, 0.6) is 0 Å². The summed E-state index contributed by atoms with van der Waals surface area (Å²) in [5, 5.41) is 2.59. The number of nitrogens with one attached hydrogen (secondary N) is 1. The van der Waals surface area contributed by atoms with E-state index in [4.69, 9.17) is 5.73 Å². The predicted octanol–water partition coefficient (Wildman–Crippen LogP) is -0.232. The van der Waals surface area contributed by atoms with Crippen molar-refractivity contribution in [3.05, 3.63) is 57.4 Å². The SMILES string of the molecule is Cn1ccn(CC(=O)Nc2ccccc2N)c(=O)c1=O. The summed E-state index contributed by atoms with van der Waals surface area (Å²) >= 11 is 0. The minimum atomic E-state index is -0.744. The summed E-state index contributed by atoms with van der Waals surface area (Å²) in [4.78, 5) is 35.0. The largest absolute Gasteiger partial charge is 0.397 e. The molecule has 0 atom stereocenters. The van der Waals surface area contributed by atoms with Gasteiger partial charge in [0.2, 0.25) is 5.91 Å². The topological polar surface area (TPSA) is 99.1 Å². The number of hydrogen-bond donors (Lipinski definition) is 2. The summed E-state index contributed by atoms with van der Waals surface area (Å²) in [7, 11) is 1.47. The highest BCUT2D eigenvalue weighted by molar-refractivity contribution is 5.93. The van der Waals surface area contributed by atoms with Crippen molar-refractivity contribution < 1.29 is 4.79 Å². The fourth-order valence-corrected chi connectivity index (χ4v) is 1.67. The van der Waals surface area contributed by atoms with Crippen LogP contribution >= 0.6 is 0 Å². The van der Waals surface area contributed by atoms with Gasteiger partial charge in [-0.1, -0.05) is 12.1 Å². The molecule has 7 heteroatoms. The molecule has 0 spiro atoms. The van der Waals surface area contributed by atoms with E-state index < -0.39 is 17.0 Å². The molecule has 2 aromatic rings. The van der Waals surface area contributed by atoms with Gasteiger partial charge in [-0.15, -0.1) is 0 Å². The number of nitrogens with two attached hydrogens (primary N) is 1. The van der Waals surface area contributed by atoms with Gasteiger partial charge in [0.15, 0.2) is 0 Å². The van der Waals surface area contributed by atoms with Crippen molar-refractivity contribution in [1.29, 1.82) is 0 Å². The van der Waals surface area contributed by atoms with Gasteiger partial charge in [-0.3, -0.25) is 19.0 Å². The molecule has 1 heterocycles. The van der Waals surface area contributed by atoms with Crippen LogP contribution in [0.1, 0.15) is 0 Å². The number of carbonyl (C=O) groups excluding carboxylic acids is 1. The maximum absolute atomic E-state index is 11.8. The number of rotatable bonds is 3. The lowest BCUT2D eigenvalue weighted by Gasteiger charge is -2.09. The van der Waals surface area contributed by atoms with Crippen molar-refractivity contribution in [3.8, 4) is 0 Å². The Morgan fingerprint density at radius 1 is 1.20 bits per heavy atom. The highest BCUT2D eigenvalue weighted by Crippen LogP contribution is 2.16. The number of hydrogen-bond acceptors (Lipinski definition) is 4. The first-order chi connectivity index (χ1) is 9.49. The van der Waals surface area contributed by atoms with Crippen LogP contribution in [-0.2, 0) is 18.4 Å². The molecule has 0 saturated heterocycles. The number of benzene rings is 1. The van der Waals surface area contributed by atoms with E-state index in [1.165, 1.54) is 19.4 Å². The Kier molecular flexibility index (Phi) is 3.69. The van der Waals surface area contributed by atoms with Crippen molar-refractivity contribution in [2.24, 2.45) is 7.05 Å². The molecule has 2 rings (SSSR count). The van der Waals surface area contributed by atoms with E-state index in [9.17, 15) is 14.4 Å². The number of nitrogen functional groups attached to an aromatic ring is 1. The number of amides is 1. The van der Waals surface area contributed by atoms with E-state index in [1.807, 2.05) is 0 Å². The van der Waals surface area contributed by atoms with Crippen molar-refractivity contribution in [2.75, 3.05) is 11.1 Å². The Bertz CT molecular complexity index is 761. The lowest BCUT2D eigenvalue weighted by molar-refractivity contribution is -0.116. The van der Waals surface area contributed by atoms with Gasteiger partial charge in [-0.2, -0.15) is 0 Å². The summed E-state index contributed by atoms with van der Waals surface area (Å²) in [5.74, 6) is -0.432. The second-order valence-corrected chi connectivity index (χ2v) is 4.28. The maximum Gasteiger partial charge on any atom is 0.316 e. The van der Waals surface area contributed by atoms with Crippen LogP contribution in [0.4, 0.5) is 11.4 Å². The lowest BCUT2D eigenvalue weighted by atomic mass is 10.2. The highest BCUT2D eigenvalue weighted by atomic mass is 16.2. The van der Waals surface area contributed by atoms with Crippen LogP contribution in [0.25, 0.3) is 0 Å². The van der Waals surface area contributed by atoms with E-state index in [0.717, 1.165) is 9.13 Å². The average molecular weight is 274 g/mol. The summed E-state index contributed by atoms with van der Waals surface area (Å²) in [5.41, 5.74) is 5.17. The van der Waals surface area contributed by atoms with Crippen LogP contribution in [0.3, 0.4) is 0 Å². The molecule has 0 unspecified atom stereocenters. The fourth-order valence-electron chi connectivity index (χ4n) is 1.67. The molecule has 0 bridgehead atoms. The molecule has 1 aromatic heterocycles. The van der Waals surface area contributed by atoms with Crippen LogP contribution in [0, 0.1) is 0 Å². The number of aromatic nitrogens is 2. The smallest absolute Gasteiger partial charge is 0.316 e. The third kappa shape index (κ3) is 2.77. The second kappa shape index (κ2) is 5.43. The Labute approximate surface area is 114 Å². The third-order valence-electron chi connectivity index (χ3n) is 2.78. The van der Waals surface area contributed by atoms with Crippen LogP contribution in [-0.4, -0.2) is 15.0 Å². The van der Waals surface area contributed by atoms with Crippen molar-refractivity contribution in [2.45, 2.75) is 6.54 Å². The molecular formula is C13H14N4O3. The highest BCUT2D eigenvalue weighted by Gasteiger charge is 2.08. The van der Waals surface area contributed by atoms with E-state index in [-0.39, 0.29) is 6.54 Å². The maximum atomic E-state index is 11.8. The van der Waals surface area contributed by atoms with E-state index >= 15 is 0 Å². The number of carbonyl (C=O) groups is 1. The van der Waals surface area contributed by atoms with E-state index in [2.05, 4.69) is 5.32 Å². The van der Waals surface area contributed by atoms with Crippen LogP contribution in [0.2, 0.25) is 0 Å². The summed E-state index contributed by atoms with van der Waals surface area (Å²) < 4.78 is 2.21. The Hall–Kier alpha value is -2.83. The summed E-state index contributed by atoms with van der Waals surface area (Å²) in [6.07, 6.45) is 2.81. The van der Waals surface area contributed by atoms with Gasteiger partial charge in [0.25, 0.3) is 0 Å². The van der Waals surface area contributed by atoms with Gasteiger partial charge >= 0.3 is 11.1 Å². The molecule has 0 aliphatic rings. The zero-order valence-corrected chi connectivity index (χ0v) is 10.9. The molecule has 3 N–H and O–H groups in total. The quantitative estimate of drug-likeness (QED) is 0.596. The summed E-state index contributed by atoms with van der Waals surface area (Å²) in [6, 6.07) is 6.78. The predicted molar refractivity (Wildman–Crippen MR) is 75.4 cm³/mol. The normalized spacial score (nSPS) is 10.2. The Morgan fingerprint density at radius 2 is 1.90 bits per heavy atom. The Morgan fingerprint density at radius 3 is 2.60 bits per heavy atom. The first-order valence-corrected chi connectivity index (χ1v) is 5.89. The zero-order chi connectivity index (χ0) is 14.7. The molecule has 0 aliphatic heterocycles. The third-order valence-corrected chi connectivity index (χ3v) is 2.78. The van der Waals surface area contributed by atoms with E-state index in [1.54, 1.807) is 24.3 Å². The molecule has 20 heavy (non-hydrogen) atoms. The molecule has 0 saturated carbocycles. The Balaban J connectivity index is 2.18. The first-order valence-electron chi connectivity index (χ1n) is 5.89. The summed E-state index contributed by atoms with van der Waals surface area (Å²) in [6.45, 7) is -0.247. The second-order valence-electron chi connectivity index (χ2n) is 4.28. The van der Waals surface area contributed by atoms with Gasteiger partial charge in [0.05, 0.1) is 11.4 Å². The minimum absolute atomic E-state index is 0.247.